The summed E-state index contributed by atoms with van der Waals surface area (Å²) < 4.78 is 5.43. The van der Waals surface area contributed by atoms with Gasteiger partial charge < -0.3 is 15.0 Å². The summed E-state index contributed by atoms with van der Waals surface area (Å²) in [6.07, 6.45) is 3.03. The number of likely N-dealkylation sites (tertiary alicyclic amines) is 1. The number of ether oxygens (including phenoxy) is 1. The highest BCUT2D eigenvalue weighted by Gasteiger charge is 2.29. The molecule has 1 N–H and O–H groups in total. The minimum atomic E-state index is -0.275. The van der Waals surface area contributed by atoms with Crippen molar-refractivity contribution in [3.8, 4) is 5.75 Å². The second-order valence-electron chi connectivity index (χ2n) is 7.31. The fourth-order valence-electron chi connectivity index (χ4n) is 3.88. The number of halogens is 1. The lowest BCUT2D eigenvalue weighted by Crippen LogP contribution is -2.43. The molecule has 4 rings (SSSR count). The number of nitrogens with zero attached hydrogens (tertiary/aromatic N) is 2. The van der Waals surface area contributed by atoms with Gasteiger partial charge in [-0.15, -0.1) is 0 Å². The van der Waals surface area contributed by atoms with Crippen LogP contribution < -0.4 is 10.1 Å². The van der Waals surface area contributed by atoms with Gasteiger partial charge in [0.15, 0.2) is 0 Å². The second kappa shape index (κ2) is 8.71. The molecule has 0 saturated carbocycles. The summed E-state index contributed by atoms with van der Waals surface area (Å²) in [5.41, 5.74) is 1.21. The lowest BCUT2D eigenvalue weighted by atomic mass is 9.95. The van der Waals surface area contributed by atoms with Gasteiger partial charge in [0.25, 0.3) is 5.91 Å². The minimum absolute atomic E-state index is 0.0699. The SMILES string of the molecule is COc1ccc(C(=O)N2CCC[C@@H](C(=O)Nc3ccc(Cl)nc3)C2)c2ccccc12. The van der Waals surface area contributed by atoms with Gasteiger partial charge in [-0.2, -0.15) is 0 Å². The number of aromatic nitrogens is 1. The molecule has 1 saturated heterocycles. The Labute approximate surface area is 179 Å². The molecular weight excluding hydrogens is 402 g/mol. The van der Waals surface area contributed by atoms with E-state index in [-0.39, 0.29) is 17.7 Å². The Kier molecular flexibility index (Phi) is 5.86. The smallest absolute Gasteiger partial charge is 0.254 e. The highest BCUT2D eigenvalue weighted by atomic mass is 35.5. The van der Waals surface area contributed by atoms with Gasteiger partial charge in [-0.25, -0.2) is 4.98 Å². The number of nitrogens with one attached hydrogen (secondary N) is 1. The van der Waals surface area contributed by atoms with Crippen LogP contribution in [0, 0.1) is 5.92 Å². The molecule has 2 heterocycles. The number of piperidine rings is 1. The number of rotatable bonds is 4. The van der Waals surface area contributed by atoms with Gasteiger partial charge in [0.1, 0.15) is 10.9 Å². The van der Waals surface area contributed by atoms with E-state index in [0.717, 1.165) is 29.4 Å². The molecular formula is C23H22ClN3O3. The Balaban J connectivity index is 1.52. The lowest BCUT2D eigenvalue weighted by molar-refractivity contribution is -0.121. The number of hydrogen-bond acceptors (Lipinski definition) is 4. The summed E-state index contributed by atoms with van der Waals surface area (Å²) in [5.74, 6) is 0.272. The maximum atomic E-state index is 13.3. The van der Waals surface area contributed by atoms with Crippen LogP contribution in [0.25, 0.3) is 10.8 Å². The van der Waals surface area contributed by atoms with E-state index in [9.17, 15) is 9.59 Å². The number of pyridine rings is 1. The fraction of sp³-hybridized carbons (Fsp3) is 0.261. The van der Waals surface area contributed by atoms with Crippen LogP contribution in [-0.2, 0) is 4.79 Å². The molecule has 0 bridgehead atoms. The van der Waals surface area contributed by atoms with Crippen LogP contribution in [0.2, 0.25) is 5.15 Å². The molecule has 2 aromatic carbocycles. The van der Waals surface area contributed by atoms with E-state index in [4.69, 9.17) is 16.3 Å². The van der Waals surface area contributed by atoms with Crippen LogP contribution in [0.15, 0.2) is 54.7 Å². The Morgan fingerprint density at radius 1 is 1.13 bits per heavy atom. The highest BCUT2D eigenvalue weighted by molar-refractivity contribution is 6.29. The van der Waals surface area contributed by atoms with Crippen LogP contribution in [0.4, 0.5) is 5.69 Å². The van der Waals surface area contributed by atoms with Gasteiger partial charge in [0.2, 0.25) is 5.91 Å². The zero-order valence-corrected chi connectivity index (χ0v) is 17.4. The molecule has 1 aromatic heterocycles. The number of anilines is 1. The van der Waals surface area contributed by atoms with Crippen LogP contribution in [0.1, 0.15) is 23.2 Å². The molecule has 1 fully saturated rings. The van der Waals surface area contributed by atoms with E-state index < -0.39 is 0 Å². The molecule has 1 aliphatic rings. The van der Waals surface area contributed by atoms with E-state index in [1.165, 1.54) is 6.20 Å². The van der Waals surface area contributed by atoms with Crippen molar-refractivity contribution in [3.63, 3.8) is 0 Å². The fourth-order valence-corrected chi connectivity index (χ4v) is 3.99. The van der Waals surface area contributed by atoms with Crippen molar-refractivity contribution in [3.05, 3.63) is 65.4 Å². The maximum Gasteiger partial charge on any atom is 0.254 e. The number of methoxy groups -OCH3 is 1. The van der Waals surface area contributed by atoms with Crippen LogP contribution in [0.3, 0.4) is 0 Å². The molecule has 1 aliphatic heterocycles. The molecule has 7 heteroatoms. The van der Waals surface area contributed by atoms with Crippen molar-refractivity contribution in [2.75, 3.05) is 25.5 Å². The largest absolute Gasteiger partial charge is 0.496 e. The van der Waals surface area contributed by atoms with Gasteiger partial charge in [0, 0.05) is 24.0 Å². The molecule has 30 heavy (non-hydrogen) atoms. The first-order valence-corrected chi connectivity index (χ1v) is 10.2. The number of fused-ring (bicyclic) bond motifs is 1. The second-order valence-corrected chi connectivity index (χ2v) is 7.70. The van der Waals surface area contributed by atoms with Gasteiger partial charge >= 0.3 is 0 Å². The highest BCUT2D eigenvalue weighted by Crippen LogP contribution is 2.30. The topological polar surface area (TPSA) is 71.5 Å². The quantitative estimate of drug-likeness (QED) is 0.632. The Morgan fingerprint density at radius 3 is 2.67 bits per heavy atom. The average molecular weight is 424 g/mol. The number of hydrogen-bond donors (Lipinski definition) is 1. The van der Waals surface area contributed by atoms with Crippen molar-refractivity contribution < 1.29 is 14.3 Å². The van der Waals surface area contributed by atoms with E-state index in [0.29, 0.717) is 29.5 Å². The molecule has 0 unspecified atom stereocenters. The first-order chi connectivity index (χ1) is 14.6. The average Bonchev–Trinajstić information content (AvgIpc) is 2.79. The maximum absolute atomic E-state index is 13.3. The van der Waals surface area contributed by atoms with E-state index in [2.05, 4.69) is 10.3 Å². The predicted octanol–water partition coefficient (Wildman–Crippen LogP) is 4.39. The van der Waals surface area contributed by atoms with Crippen molar-refractivity contribution in [2.24, 2.45) is 5.92 Å². The van der Waals surface area contributed by atoms with Crippen molar-refractivity contribution in [2.45, 2.75) is 12.8 Å². The summed E-state index contributed by atoms with van der Waals surface area (Å²) in [6.45, 7) is 1.01. The number of amides is 2. The third-order valence-electron chi connectivity index (χ3n) is 5.41. The Hall–Kier alpha value is -3.12. The lowest BCUT2D eigenvalue weighted by Gasteiger charge is -2.32. The molecule has 3 aromatic rings. The van der Waals surface area contributed by atoms with Crippen molar-refractivity contribution in [1.29, 1.82) is 0 Å². The summed E-state index contributed by atoms with van der Waals surface area (Å²) >= 11 is 5.79. The summed E-state index contributed by atoms with van der Waals surface area (Å²) in [7, 11) is 1.62. The van der Waals surface area contributed by atoms with Crippen LogP contribution in [0.5, 0.6) is 5.75 Å². The first-order valence-electron chi connectivity index (χ1n) is 9.84. The van der Waals surface area contributed by atoms with Gasteiger partial charge in [-0.3, -0.25) is 9.59 Å². The van der Waals surface area contributed by atoms with Crippen molar-refractivity contribution >= 4 is 39.9 Å². The zero-order chi connectivity index (χ0) is 21.1. The van der Waals surface area contributed by atoms with E-state index >= 15 is 0 Å². The number of carbonyl (C=O) groups excluding carboxylic acids is 2. The van der Waals surface area contributed by atoms with Crippen LogP contribution in [-0.4, -0.2) is 41.9 Å². The van der Waals surface area contributed by atoms with E-state index in [1.54, 1.807) is 30.2 Å². The van der Waals surface area contributed by atoms with Gasteiger partial charge in [-0.1, -0.05) is 35.9 Å². The summed E-state index contributed by atoms with van der Waals surface area (Å²) in [5, 5.41) is 4.98. The molecule has 0 aliphatic carbocycles. The third-order valence-corrected chi connectivity index (χ3v) is 5.63. The zero-order valence-electron chi connectivity index (χ0n) is 16.6. The van der Waals surface area contributed by atoms with Crippen molar-refractivity contribution in [1.82, 2.24) is 9.88 Å². The standard InChI is InChI=1S/C23H22ClN3O3/c1-30-20-10-9-19(17-6-2-3-7-18(17)20)23(29)27-12-4-5-15(14-27)22(28)26-16-8-11-21(24)25-13-16/h2-3,6-11,13,15H,4-5,12,14H2,1H3,(H,26,28)/t15-/m1/s1. The molecule has 1 atom stereocenters. The minimum Gasteiger partial charge on any atom is -0.496 e. The monoisotopic (exact) mass is 423 g/mol. The van der Waals surface area contributed by atoms with Gasteiger partial charge in [0.05, 0.1) is 24.9 Å². The van der Waals surface area contributed by atoms with E-state index in [1.807, 2.05) is 30.3 Å². The molecule has 6 nitrogen and oxygen atoms in total. The molecule has 0 spiro atoms. The third kappa shape index (κ3) is 4.09. The first kappa shape index (κ1) is 20.2. The predicted molar refractivity (Wildman–Crippen MR) is 117 cm³/mol. The normalized spacial score (nSPS) is 16.3. The summed E-state index contributed by atoms with van der Waals surface area (Å²) in [4.78, 5) is 31.8. The number of benzene rings is 2. The summed E-state index contributed by atoms with van der Waals surface area (Å²) in [6, 6.07) is 14.6. The van der Waals surface area contributed by atoms with Gasteiger partial charge in [-0.05, 0) is 42.5 Å². The molecule has 154 valence electrons. The molecule has 0 radical (unpaired) electrons. The molecule has 2 amide bonds. The number of carbonyl (C=O) groups is 2. The Morgan fingerprint density at radius 2 is 1.93 bits per heavy atom. The Bertz CT molecular complexity index is 1080. The van der Waals surface area contributed by atoms with Crippen LogP contribution >= 0.6 is 11.6 Å².